The van der Waals surface area contributed by atoms with E-state index in [9.17, 15) is 9.59 Å². The van der Waals surface area contributed by atoms with Gasteiger partial charge in [0, 0.05) is 12.1 Å². The van der Waals surface area contributed by atoms with Crippen LogP contribution in [0, 0.1) is 5.92 Å². The van der Waals surface area contributed by atoms with Gasteiger partial charge in [0.1, 0.15) is 11.4 Å². The maximum atomic E-state index is 12.7. The molecule has 3 rings (SSSR count). The Kier molecular flexibility index (Phi) is 7.63. The van der Waals surface area contributed by atoms with Crippen LogP contribution in [0.3, 0.4) is 0 Å². The minimum atomic E-state index is -0.457. The van der Waals surface area contributed by atoms with E-state index < -0.39 is 5.91 Å². The van der Waals surface area contributed by atoms with Gasteiger partial charge in [0.15, 0.2) is 0 Å². The Labute approximate surface area is 177 Å². The van der Waals surface area contributed by atoms with Crippen LogP contribution in [-0.4, -0.2) is 36.7 Å². The van der Waals surface area contributed by atoms with Crippen molar-refractivity contribution in [3.8, 4) is 5.75 Å². The second-order valence-electron chi connectivity index (χ2n) is 7.37. The fourth-order valence-electron chi connectivity index (χ4n) is 2.83. The van der Waals surface area contributed by atoms with Crippen molar-refractivity contribution in [2.24, 2.45) is 5.92 Å². The quantitative estimate of drug-likeness (QED) is 0.528. The SMILES string of the molecule is CCc1ccc(C=C(NC(=O)c2ccc(OCC3CC3)cc2)C(=O)NCCO)cc1. The molecule has 0 bridgehead atoms. The summed E-state index contributed by atoms with van der Waals surface area (Å²) in [6, 6.07) is 14.6. The highest BCUT2D eigenvalue weighted by Crippen LogP contribution is 2.29. The van der Waals surface area contributed by atoms with E-state index in [1.165, 1.54) is 18.4 Å². The van der Waals surface area contributed by atoms with Gasteiger partial charge in [-0.25, -0.2) is 0 Å². The van der Waals surface area contributed by atoms with Gasteiger partial charge in [-0.1, -0.05) is 31.2 Å². The summed E-state index contributed by atoms with van der Waals surface area (Å²) in [7, 11) is 0. The molecule has 0 heterocycles. The molecule has 0 radical (unpaired) electrons. The number of carbonyl (C=O) groups excluding carboxylic acids is 2. The zero-order valence-electron chi connectivity index (χ0n) is 17.2. The fourth-order valence-corrected chi connectivity index (χ4v) is 2.83. The number of aliphatic hydroxyl groups excluding tert-OH is 1. The van der Waals surface area contributed by atoms with Gasteiger partial charge >= 0.3 is 0 Å². The third-order valence-corrected chi connectivity index (χ3v) is 4.89. The monoisotopic (exact) mass is 408 g/mol. The van der Waals surface area contributed by atoms with E-state index in [4.69, 9.17) is 9.84 Å². The molecule has 0 unspecified atom stereocenters. The molecule has 2 amide bonds. The Hall–Kier alpha value is -3.12. The zero-order chi connectivity index (χ0) is 21.3. The third-order valence-electron chi connectivity index (χ3n) is 4.89. The van der Waals surface area contributed by atoms with Crippen LogP contribution < -0.4 is 15.4 Å². The van der Waals surface area contributed by atoms with Gasteiger partial charge in [-0.05, 0) is 66.6 Å². The average Bonchev–Trinajstić information content (AvgIpc) is 3.61. The van der Waals surface area contributed by atoms with Crippen molar-refractivity contribution < 1.29 is 19.4 Å². The largest absolute Gasteiger partial charge is 0.493 e. The lowest BCUT2D eigenvalue weighted by Crippen LogP contribution is -2.36. The maximum absolute atomic E-state index is 12.7. The van der Waals surface area contributed by atoms with E-state index in [-0.39, 0.29) is 24.8 Å². The summed E-state index contributed by atoms with van der Waals surface area (Å²) < 4.78 is 5.70. The normalized spacial score (nSPS) is 13.6. The summed E-state index contributed by atoms with van der Waals surface area (Å²) in [5.74, 6) is 0.538. The maximum Gasteiger partial charge on any atom is 0.267 e. The zero-order valence-corrected chi connectivity index (χ0v) is 17.2. The van der Waals surface area contributed by atoms with Gasteiger partial charge < -0.3 is 20.5 Å². The van der Waals surface area contributed by atoms with Crippen molar-refractivity contribution in [1.29, 1.82) is 0 Å². The van der Waals surface area contributed by atoms with Gasteiger partial charge in [0.05, 0.1) is 13.2 Å². The van der Waals surface area contributed by atoms with Crippen molar-refractivity contribution in [3.05, 3.63) is 70.9 Å². The van der Waals surface area contributed by atoms with E-state index >= 15 is 0 Å². The summed E-state index contributed by atoms with van der Waals surface area (Å²) in [4.78, 5) is 25.2. The number of aryl methyl sites for hydroxylation is 1. The highest BCUT2D eigenvalue weighted by Gasteiger charge is 2.22. The molecule has 1 aliphatic rings. The molecule has 6 heteroatoms. The molecular formula is C24H28N2O4. The second kappa shape index (κ2) is 10.6. The molecule has 0 atom stereocenters. The van der Waals surface area contributed by atoms with E-state index in [0.29, 0.717) is 18.1 Å². The first-order chi connectivity index (χ1) is 14.6. The minimum Gasteiger partial charge on any atom is -0.493 e. The Balaban J connectivity index is 1.71. The van der Waals surface area contributed by atoms with Crippen molar-refractivity contribution in [1.82, 2.24) is 10.6 Å². The predicted molar refractivity (Wildman–Crippen MR) is 116 cm³/mol. The first kappa shape index (κ1) is 21.6. The Bertz CT molecular complexity index is 884. The van der Waals surface area contributed by atoms with Crippen molar-refractivity contribution >= 4 is 17.9 Å². The smallest absolute Gasteiger partial charge is 0.267 e. The first-order valence-electron chi connectivity index (χ1n) is 10.3. The van der Waals surface area contributed by atoms with Crippen LogP contribution in [0.2, 0.25) is 0 Å². The highest BCUT2D eigenvalue weighted by molar-refractivity contribution is 6.05. The number of hydrogen-bond acceptors (Lipinski definition) is 4. The summed E-state index contributed by atoms with van der Waals surface area (Å²) in [5.41, 5.74) is 2.53. The molecule has 0 spiro atoms. The molecule has 6 nitrogen and oxygen atoms in total. The number of nitrogens with one attached hydrogen (secondary N) is 2. The predicted octanol–water partition coefficient (Wildman–Crippen LogP) is 2.92. The number of carbonyl (C=O) groups is 2. The van der Waals surface area contributed by atoms with Crippen LogP contribution in [0.25, 0.3) is 6.08 Å². The van der Waals surface area contributed by atoms with E-state index in [0.717, 1.165) is 17.7 Å². The summed E-state index contributed by atoms with van der Waals surface area (Å²) in [6.45, 7) is 2.70. The van der Waals surface area contributed by atoms with Gasteiger partial charge in [-0.15, -0.1) is 0 Å². The number of ether oxygens (including phenoxy) is 1. The topological polar surface area (TPSA) is 87.7 Å². The van der Waals surface area contributed by atoms with E-state index in [1.54, 1.807) is 30.3 Å². The average molecular weight is 408 g/mol. The van der Waals surface area contributed by atoms with Crippen molar-refractivity contribution in [3.63, 3.8) is 0 Å². The Morgan fingerprint density at radius 3 is 2.40 bits per heavy atom. The summed E-state index contributed by atoms with van der Waals surface area (Å²) in [5, 5.41) is 14.2. The third kappa shape index (κ3) is 6.46. The van der Waals surface area contributed by atoms with Crippen molar-refractivity contribution in [2.75, 3.05) is 19.8 Å². The van der Waals surface area contributed by atoms with Crippen LogP contribution in [0.1, 0.15) is 41.3 Å². The molecule has 0 aliphatic heterocycles. The Morgan fingerprint density at radius 2 is 1.80 bits per heavy atom. The second-order valence-corrected chi connectivity index (χ2v) is 7.37. The molecule has 2 aromatic carbocycles. The molecule has 1 aliphatic carbocycles. The fraction of sp³-hybridized carbons (Fsp3) is 0.333. The number of benzene rings is 2. The van der Waals surface area contributed by atoms with Crippen LogP contribution in [0.4, 0.5) is 0 Å². The standard InChI is InChI=1S/C24H28N2O4/c1-2-17-3-5-18(6-4-17)15-22(24(29)25-13-14-27)26-23(28)20-9-11-21(12-10-20)30-16-19-7-8-19/h3-6,9-12,15,19,27H,2,7-8,13-14,16H2,1H3,(H,25,29)(H,26,28). The molecule has 0 saturated heterocycles. The Morgan fingerprint density at radius 1 is 1.10 bits per heavy atom. The number of aliphatic hydroxyl groups is 1. The van der Waals surface area contributed by atoms with Gasteiger partial charge in [0.25, 0.3) is 11.8 Å². The summed E-state index contributed by atoms with van der Waals surface area (Å²) in [6.07, 6.45) is 4.98. The highest BCUT2D eigenvalue weighted by atomic mass is 16.5. The molecule has 158 valence electrons. The lowest BCUT2D eigenvalue weighted by Gasteiger charge is -2.11. The van der Waals surface area contributed by atoms with E-state index in [1.807, 2.05) is 24.3 Å². The lowest BCUT2D eigenvalue weighted by atomic mass is 10.1. The molecule has 2 aromatic rings. The molecule has 30 heavy (non-hydrogen) atoms. The van der Waals surface area contributed by atoms with Crippen LogP contribution in [0.5, 0.6) is 5.75 Å². The van der Waals surface area contributed by atoms with Crippen molar-refractivity contribution in [2.45, 2.75) is 26.2 Å². The lowest BCUT2D eigenvalue weighted by molar-refractivity contribution is -0.117. The molecular weight excluding hydrogens is 380 g/mol. The van der Waals surface area contributed by atoms with Gasteiger partial charge in [-0.3, -0.25) is 9.59 Å². The number of hydrogen-bond donors (Lipinski definition) is 3. The van der Waals surface area contributed by atoms with Gasteiger partial charge in [-0.2, -0.15) is 0 Å². The first-order valence-corrected chi connectivity index (χ1v) is 10.3. The molecule has 3 N–H and O–H groups in total. The van der Waals surface area contributed by atoms with E-state index in [2.05, 4.69) is 17.6 Å². The molecule has 0 aromatic heterocycles. The number of rotatable bonds is 10. The minimum absolute atomic E-state index is 0.105. The number of amides is 2. The molecule has 1 saturated carbocycles. The van der Waals surface area contributed by atoms with Crippen LogP contribution in [0.15, 0.2) is 54.2 Å². The van der Waals surface area contributed by atoms with Crippen LogP contribution in [-0.2, 0) is 11.2 Å². The summed E-state index contributed by atoms with van der Waals surface area (Å²) >= 11 is 0. The van der Waals surface area contributed by atoms with Gasteiger partial charge in [0.2, 0.25) is 0 Å². The van der Waals surface area contributed by atoms with Crippen LogP contribution >= 0.6 is 0 Å². The molecule has 1 fully saturated rings.